The van der Waals surface area contributed by atoms with E-state index in [1.54, 1.807) is 0 Å². The number of hydrogen-bond donors (Lipinski definition) is 1. The van der Waals surface area contributed by atoms with E-state index < -0.39 is 0 Å². The molecule has 94 valence electrons. The Labute approximate surface area is 101 Å². The van der Waals surface area contributed by atoms with E-state index in [0.717, 1.165) is 17.9 Å². The Kier molecular flexibility index (Phi) is 3.11. The molecule has 4 atom stereocenters. The van der Waals surface area contributed by atoms with Gasteiger partial charge >= 0.3 is 0 Å². The van der Waals surface area contributed by atoms with Gasteiger partial charge in [-0.1, -0.05) is 34.1 Å². The van der Waals surface area contributed by atoms with Crippen LogP contribution in [0.3, 0.4) is 0 Å². The summed E-state index contributed by atoms with van der Waals surface area (Å²) < 4.78 is 0. The molecular weight excluding hydrogens is 194 g/mol. The lowest BCUT2D eigenvalue weighted by molar-refractivity contribution is 0.0401. The third kappa shape index (κ3) is 1.63. The van der Waals surface area contributed by atoms with Crippen LogP contribution in [0.5, 0.6) is 0 Å². The zero-order chi connectivity index (χ0) is 12.0. The third-order valence-electron chi connectivity index (χ3n) is 5.75. The largest absolute Gasteiger partial charge is 0.317 e. The molecule has 16 heavy (non-hydrogen) atoms. The van der Waals surface area contributed by atoms with E-state index in [-0.39, 0.29) is 0 Å². The molecule has 0 saturated heterocycles. The Bertz CT molecular complexity index is 253. The molecule has 1 heteroatoms. The average Bonchev–Trinajstić information content (AvgIpc) is 2.67. The summed E-state index contributed by atoms with van der Waals surface area (Å²) in [5.74, 6) is 1.86. The van der Waals surface area contributed by atoms with Crippen LogP contribution in [0.4, 0.5) is 0 Å². The van der Waals surface area contributed by atoms with Gasteiger partial charge in [0.25, 0.3) is 0 Å². The minimum Gasteiger partial charge on any atom is -0.317 e. The molecule has 2 aliphatic carbocycles. The van der Waals surface area contributed by atoms with Gasteiger partial charge in [-0.05, 0) is 55.4 Å². The fourth-order valence-electron chi connectivity index (χ4n) is 5.13. The predicted octanol–water partition coefficient (Wildman–Crippen LogP) is 3.84. The van der Waals surface area contributed by atoms with Crippen LogP contribution in [0.15, 0.2) is 0 Å². The third-order valence-corrected chi connectivity index (χ3v) is 5.75. The van der Waals surface area contributed by atoms with E-state index in [2.05, 4.69) is 40.1 Å². The van der Waals surface area contributed by atoms with Crippen molar-refractivity contribution in [2.45, 2.75) is 65.8 Å². The first-order valence-corrected chi connectivity index (χ1v) is 7.13. The highest BCUT2D eigenvalue weighted by Crippen LogP contribution is 2.67. The molecule has 0 aromatic rings. The van der Waals surface area contributed by atoms with Crippen LogP contribution in [0.1, 0.15) is 59.8 Å². The number of hydrogen-bond acceptors (Lipinski definition) is 1. The van der Waals surface area contributed by atoms with Crippen molar-refractivity contribution in [3.63, 3.8) is 0 Å². The summed E-state index contributed by atoms with van der Waals surface area (Å²) in [6.07, 6.45) is 7.06. The first-order chi connectivity index (χ1) is 7.45. The molecule has 2 rings (SSSR count). The van der Waals surface area contributed by atoms with Gasteiger partial charge in [-0.25, -0.2) is 0 Å². The molecule has 1 N–H and O–H groups in total. The van der Waals surface area contributed by atoms with Crippen LogP contribution in [0.2, 0.25) is 0 Å². The summed E-state index contributed by atoms with van der Waals surface area (Å²) in [4.78, 5) is 0. The van der Waals surface area contributed by atoms with Crippen molar-refractivity contribution in [1.29, 1.82) is 0 Å². The maximum Gasteiger partial charge on any atom is 0.0103 e. The predicted molar refractivity (Wildman–Crippen MR) is 70.5 cm³/mol. The number of nitrogens with one attached hydrogen (secondary N) is 1. The molecule has 2 aliphatic rings. The molecule has 0 radical (unpaired) electrons. The minimum atomic E-state index is 0.551. The standard InChI is InChI=1S/C15H29N/c1-6-7-12(16-5)13-14(2,3)11-8-9-15(13,4)10-11/h11-13,16H,6-10H2,1-5H3. The Morgan fingerprint density at radius 2 is 2.00 bits per heavy atom. The monoisotopic (exact) mass is 223 g/mol. The normalized spacial score (nSPS) is 42.6. The van der Waals surface area contributed by atoms with Crippen molar-refractivity contribution >= 4 is 0 Å². The van der Waals surface area contributed by atoms with Gasteiger partial charge in [0.15, 0.2) is 0 Å². The lowest BCUT2D eigenvalue weighted by atomic mass is 9.60. The maximum absolute atomic E-state index is 3.61. The molecule has 0 amide bonds. The lowest BCUT2D eigenvalue weighted by Crippen LogP contribution is -2.48. The summed E-state index contributed by atoms with van der Waals surface area (Å²) >= 11 is 0. The minimum absolute atomic E-state index is 0.551. The zero-order valence-electron chi connectivity index (χ0n) is 11.8. The summed E-state index contributed by atoms with van der Waals surface area (Å²) in [5, 5.41) is 3.61. The Morgan fingerprint density at radius 1 is 1.31 bits per heavy atom. The van der Waals surface area contributed by atoms with Crippen molar-refractivity contribution in [3.8, 4) is 0 Å². The second kappa shape index (κ2) is 4.01. The number of fused-ring (bicyclic) bond motifs is 2. The van der Waals surface area contributed by atoms with Gasteiger partial charge in [0.1, 0.15) is 0 Å². The quantitative estimate of drug-likeness (QED) is 0.763. The Hall–Kier alpha value is -0.0400. The van der Waals surface area contributed by atoms with Crippen LogP contribution < -0.4 is 5.32 Å². The molecule has 1 nitrogen and oxygen atoms in total. The molecule has 2 saturated carbocycles. The first-order valence-electron chi connectivity index (χ1n) is 7.13. The lowest BCUT2D eigenvalue weighted by Gasteiger charge is -2.47. The molecule has 0 spiro atoms. The molecule has 0 aliphatic heterocycles. The van der Waals surface area contributed by atoms with E-state index in [4.69, 9.17) is 0 Å². The van der Waals surface area contributed by atoms with E-state index in [1.165, 1.54) is 32.1 Å². The van der Waals surface area contributed by atoms with Crippen molar-refractivity contribution < 1.29 is 0 Å². The number of rotatable bonds is 4. The average molecular weight is 223 g/mol. The fourth-order valence-corrected chi connectivity index (χ4v) is 5.13. The molecule has 0 heterocycles. The summed E-state index contributed by atoms with van der Waals surface area (Å²) in [5.41, 5.74) is 1.17. The fraction of sp³-hybridized carbons (Fsp3) is 1.00. The van der Waals surface area contributed by atoms with E-state index in [9.17, 15) is 0 Å². The smallest absolute Gasteiger partial charge is 0.0103 e. The van der Waals surface area contributed by atoms with Gasteiger partial charge in [-0.3, -0.25) is 0 Å². The first kappa shape index (κ1) is 12.4. The zero-order valence-corrected chi connectivity index (χ0v) is 11.8. The molecule has 4 unspecified atom stereocenters. The maximum atomic E-state index is 3.61. The topological polar surface area (TPSA) is 12.0 Å². The van der Waals surface area contributed by atoms with Gasteiger partial charge in [-0.15, -0.1) is 0 Å². The van der Waals surface area contributed by atoms with Gasteiger partial charge in [0, 0.05) is 6.04 Å². The van der Waals surface area contributed by atoms with Crippen molar-refractivity contribution in [2.24, 2.45) is 22.7 Å². The van der Waals surface area contributed by atoms with Crippen molar-refractivity contribution in [3.05, 3.63) is 0 Å². The molecule has 2 fully saturated rings. The Balaban J connectivity index is 2.24. The van der Waals surface area contributed by atoms with Crippen LogP contribution >= 0.6 is 0 Å². The van der Waals surface area contributed by atoms with E-state index >= 15 is 0 Å². The summed E-state index contributed by atoms with van der Waals surface area (Å²) in [7, 11) is 2.16. The van der Waals surface area contributed by atoms with Gasteiger partial charge in [0.05, 0.1) is 0 Å². The van der Waals surface area contributed by atoms with Crippen molar-refractivity contribution in [1.82, 2.24) is 5.32 Å². The van der Waals surface area contributed by atoms with E-state index in [1.807, 2.05) is 0 Å². The van der Waals surface area contributed by atoms with Crippen LogP contribution in [-0.2, 0) is 0 Å². The highest BCUT2D eigenvalue weighted by Gasteiger charge is 2.60. The van der Waals surface area contributed by atoms with Gasteiger partial charge in [-0.2, -0.15) is 0 Å². The summed E-state index contributed by atoms with van der Waals surface area (Å²) in [6.45, 7) is 9.90. The SMILES string of the molecule is CCCC(NC)C1C2(C)CCC(C2)C1(C)C. The molecule has 2 bridgehead atoms. The van der Waals surface area contributed by atoms with Crippen LogP contribution in [-0.4, -0.2) is 13.1 Å². The van der Waals surface area contributed by atoms with E-state index in [0.29, 0.717) is 10.8 Å². The van der Waals surface area contributed by atoms with Crippen LogP contribution in [0, 0.1) is 22.7 Å². The van der Waals surface area contributed by atoms with Gasteiger partial charge < -0.3 is 5.32 Å². The van der Waals surface area contributed by atoms with Crippen molar-refractivity contribution in [2.75, 3.05) is 7.05 Å². The molecular formula is C15H29N. The highest BCUT2D eigenvalue weighted by atomic mass is 14.9. The second-order valence-corrected chi connectivity index (χ2v) is 7.08. The van der Waals surface area contributed by atoms with Crippen LogP contribution in [0.25, 0.3) is 0 Å². The molecule has 0 aromatic carbocycles. The summed E-state index contributed by atoms with van der Waals surface area (Å²) in [6, 6.07) is 0.732. The van der Waals surface area contributed by atoms with Gasteiger partial charge in [0.2, 0.25) is 0 Å². The second-order valence-electron chi connectivity index (χ2n) is 7.08. The highest BCUT2D eigenvalue weighted by molar-refractivity contribution is 5.11. The Morgan fingerprint density at radius 3 is 2.44 bits per heavy atom. The molecule has 0 aromatic heterocycles.